The van der Waals surface area contributed by atoms with Crippen molar-refractivity contribution in [3.63, 3.8) is 0 Å². The molecule has 0 aromatic heterocycles. The van der Waals surface area contributed by atoms with E-state index >= 15 is 0 Å². The predicted octanol–water partition coefficient (Wildman–Crippen LogP) is 4.57. The largest absolute Gasteiger partial charge is 0.339 e. The lowest BCUT2D eigenvalue weighted by atomic mass is 9.92. The van der Waals surface area contributed by atoms with Crippen LogP contribution in [0.3, 0.4) is 0 Å². The summed E-state index contributed by atoms with van der Waals surface area (Å²) in [7, 11) is 0. The maximum Gasteiger partial charge on any atom is 0.253 e. The Morgan fingerprint density at radius 2 is 1.47 bits per heavy atom. The van der Waals surface area contributed by atoms with E-state index in [0.717, 1.165) is 63.1 Å². The highest BCUT2D eigenvalue weighted by atomic mass is 16.2. The summed E-state index contributed by atoms with van der Waals surface area (Å²) in [5, 5.41) is 3.11. The molecule has 2 aliphatic rings. The van der Waals surface area contributed by atoms with Crippen molar-refractivity contribution in [2.24, 2.45) is 5.92 Å². The van der Waals surface area contributed by atoms with Gasteiger partial charge in [0.1, 0.15) is 0 Å². The van der Waals surface area contributed by atoms with Crippen molar-refractivity contribution in [1.29, 1.82) is 0 Å². The molecule has 0 saturated carbocycles. The minimum atomic E-state index is 0.0797. The highest BCUT2D eigenvalue weighted by molar-refractivity contribution is 5.94. The van der Waals surface area contributed by atoms with Crippen molar-refractivity contribution in [2.75, 3.05) is 31.5 Å². The molecule has 4 rings (SSSR count). The monoisotopic (exact) mass is 433 g/mol. The number of carbonyl (C=O) groups excluding carboxylic acids is 2. The number of carbonyl (C=O) groups is 2. The fourth-order valence-corrected chi connectivity index (χ4v) is 4.90. The van der Waals surface area contributed by atoms with Gasteiger partial charge in [0.25, 0.3) is 5.91 Å². The van der Waals surface area contributed by atoms with Crippen molar-refractivity contribution in [2.45, 2.75) is 52.5 Å². The zero-order valence-electron chi connectivity index (χ0n) is 19.6. The van der Waals surface area contributed by atoms with Crippen molar-refractivity contribution in [3.8, 4) is 0 Å². The minimum Gasteiger partial charge on any atom is -0.339 e. The van der Waals surface area contributed by atoms with Crippen LogP contribution in [0.2, 0.25) is 0 Å². The third-order valence-corrected chi connectivity index (χ3v) is 7.24. The SMILES string of the molecule is Cc1ccc(C(=O)N2CCC(N3CCC(C(=O)Nc4ccc(C)c(C)c4)CC3)CC2)cc1. The number of hydrogen-bond donors (Lipinski definition) is 1. The average Bonchev–Trinajstić information content (AvgIpc) is 2.82. The lowest BCUT2D eigenvalue weighted by molar-refractivity contribution is -0.121. The second-order valence-electron chi connectivity index (χ2n) is 9.49. The molecule has 2 aromatic carbocycles. The van der Waals surface area contributed by atoms with Gasteiger partial charge < -0.3 is 15.1 Å². The Balaban J connectivity index is 1.23. The quantitative estimate of drug-likeness (QED) is 0.769. The Labute approximate surface area is 191 Å². The Hall–Kier alpha value is -2.66. The molecule has 1 N–H and O–H groups in total. The van der Waals surface area contributed by atoms with Crippen LogP contribution in [0.15, 0.2) is 42.5 Å². The smallest absolute Gasteiger partial charge is 0.253 e. The van der Waals surface area contributed by atoms with E-state index in [1.807, 2.05) is 48.2 Å². The molecule has 0 bridgehead atoms. The Morgan fingerprint density at radius 3 is 2.09 bits per heavy atom. The molecule has 0 atom stereocenters. The van der Waals surface area contributed by atoms with Crippen LogP contribution >= 0.6 is 0 Å². The number of likely N-dealkylation sites (tertiary alicyclic amines) is 2. The molecule has 2 saturated heterocycles. The molecule has 0 unspecified atom stereocenters. The van der Waals surface area contributed by atoms with Crippen molar-refractivity contribution in [3.05, 3.63) is 64.7 Å². The number of benzene rings is 2. The van der Waals surface area contributed by atoms with Crippen molar-refractivity contribution >= 4 is 17.5 Å². The summed E-state index contributed by atoms with van der Waals surface area (Å²) in [5.41, 5.74) is 5.29. The molecule has 5 nitrogen and oxygen atoms in total. The van der Waals surface area contributed by atoms with Gasteiger partial charge in [-0.1, -0.05) is 23.8 Å². The molecule has 32 heavy (non-hydrogen) atoms. The number of piperidine rings is 2. The van der Waals surface area contributed by atoms with Gasteiger partial charge in [-0.15, -0.1) is 0 Å². The predicted molar refractivity (Wildman–Crippen MR) is 129 cm³/mol. The molecule has 0 spiro atoms. The second kappa shape index (κ2) is 9.86. The second-order valence-corrected chi connectivity index (χ2v) is 9.49. The third kappa shape index (κ3) is 5.21. The average molecular weight is 434 g/mol. The minimum absolute atomic E-state index is 0.0797. The van der Waals surface area contributed by atoms with E-state index in [4.69, 9.17) is 0 Å². The normalized spacial score (nSPS) is 18.5. The Kier molecular flexibility index (Phi) is 6.95. The number of nitrogens with one attached hydrogen (secondary N) is 1. The molecular formula is C27H35N3O2. The van der Waals surface area contributed by atoms with Gasteiger partial charge in [0.2, 0.25) is 5.91 Å². The van der Waals surface area contributed by atoms with E-state index in [1.165, 1.54) is 16.7 Å². The molecule has 5 heteroatoms. The summed E-state index contributed by atoms with van der Waals surface area (Å²) in [5.74, 6) is 0.368. The van der Waals surface area contributed by atoms with Crippen LogP contribution in [0, 0.1) is 26.7 Å². The molecule has 0 aliphatic carbocycles. The van der Waals surface area contributed by atoms with Gasteiger partial charge >= 0.3 is 0 Å². The van der Waals surface area contributed by atoms with Crippen LogP contribution in [0.25, 0.3) is 0 Å². The maximum atomic E-state index is 12.8. The van der Waals surface area contributed by atoms with Crippen LogP contribution in [-0.4, -0.2) is 53.8 Å². The zero-order valence-corrected chi connectivity index (χ0v) is 19.6. The van der Waals surface area contributed by atoms with Gasteiger partial charge in [0, 0.05) is 36.3 Å². The number of aryl methyl sites for hydroxylation is 3. The van der Waals surface area contributed by atoms with Crippen molar-refractivity contribution in [1.82, 2.24) is 9.80 Å². The van der Waals surface area contributed by atoms with E-state index in [9.17, 15) is 9.59 Å². The molecule has 2 heterocycles. The molecule has 170 valence electrons. The molecule has 2 amide bonds. The lowest BCUT2D eigenvalue weighted by Crippen LogP contribution is -2.49. The summed E-state index contributed by atoms with van der Waals surface area (Å²) < 4.78 is 0. The summed E-state index contributed by atoms with van der Waals surface area (Å²) in [6.07, 6.45) is 3.83. The fraction of sp³-hybridized carbons (Fsp3) is 0.481. The lowest BCUT2D eigenvalue weighted by Gasteiger charge is -2.41. The highest BCUT2D eigenvalue weighted by Gasteiger charge is 2.31. The standard InChI is InChI=1S/C27H35N3O2/c1-19-4-7-23(8-5-19)27(32)30-16-12-25(13-17-30)29-14-10-22(11-15-29)26(31)28-24-9-6-20(2)21(3)18-24/h4-9,18,22,25H,10-17H2,1-3H3,(H,28,31). The molecule has 2 aromatic rings. The zero-order chi connectivity index (χ0) is 22.7. The number of rotatable bonds is 4. The maximum absolute atomic E-state index is 12.8. The molecular weight excluding hydrogens is 398 g/mol. The number of anilines is 1. The van der Waals surface area contributed by atoms with Gasteiger partial charge in [0.05, 0.1) is 0 Å². The number of hydrogen-bond acceptors (Lipinski definition) is 3. The van der Waals surface area contributed by atoms with Crippen LogP contribution in [0.4, 0.5) is 5.69 Å². The van der Waals surface area contributed by atoms with Gasteiger partial charge in [-0.25, -0.2) is 0 Å². The summed E-state index contributed by atoms with van der Waals surface area (Å²) in [6, 6.07) is 14.5. The van der Waals surface area contributed by atoms with Crippen LogP contribution < -0.4 is 5.32 Å². The number of amides is 2. The molecule has 2 fully saturated rings. The molecule has 2 aliphatic heterocycles. The van der Waals surface area contributed by atoms with Gasteiger partial charge in [0.15, 0.2) is 0 Å². The van der Waals surface area contributed by atoms with Crippen LogP contribution in [0.5, 0.6) is 0 Å². The third-order valence-electron chi connectivity index (χ3n) is 7.24. The van der Waals surface area contributed by atoms with E-state index in [-0.39, 0.29) is 17.7 Å². The Morgan fingerprint density at radius 1 is 0.812 bits per heavy atom. The topological polar surface area (TPSA) is 52.7 Å². The first kappa shape index (κ1) is 22.5. The summed E-state index contributed by atoms with van der Waals surface area (Å²) in [4.78, 5) is 30.0. The van der Waals surface area contributed by atoms with E-state index in [1.54, 1.807) is 0 Å². The first-order chi connectivity index (χ1) is 15.4. The van der Waals surface area contributed by atoms with Crippen LogP contribution in [0.1, 0.15) is 52.7 Å². The van der Waals surface area contributed by atoms with Crippen molar-refractivity contribution < 1.29 is 9.59 Å². The Bertz CT molecular complexity index is 953. The fourth-order valence-electron chi connectivity index (χ4n) is 4.90. The first-order valence-corrected chi connectivity index (χ1v) is 11.9. The van der Waals surface area contributed by atoms with Gasteiger partial charge in [-0.2, -0.15) is 0 Å². The van der Waals surface area contributed by atoms with E-state index < -0.39 is 0 Å². The molecule has 0 radical (unpaired) electrons. The van der Waals surface area contributed by atoms with Crippen LogP contribution in [-0.2, 0) is 4.79 Å². The first-order valence-electron chi connectivity index (χ1n) is 11.9. The van der Waals surface area contributed by atoms with E-state index in [2.05, 4.69) is 30.1 Å². The summed E-state index contributed by atoms with van der Waals surface area (Å²) >= 11 is 0. The van der Waals surface area contributed by atoms with Gasteiger partial charge in [-0.05, 0) is 94.9 Å². The van der Waals surface area contributed by atoms with Gasteiger partial charge in [-0.3, -0.25) is 9.59 Å². The van der Waals surface area contributed by atoms with E-state index in [0.29, 0.717) is 6.04 Å². The highest BCUT2D eigenvalue weighted by Crippen LogP contribution is 2.26. The number of nitrogens with zero attached hydrogens (tertiary/aromatic N) is 2. The summed E-state index contributed by atoms with van der Waals surface area (Å²) in [6.45, 7) is 9.73.